The van der Waals surface area contributed by atoms with Gasteiger partial charge in [0.05, 0.1) is 17.9 Å². The van der Waals surface area contributed by atoms with Crippen molar-refractivity contribution in [3.8, 4) is 0 Å². The first-order chi connectivity index (χ1) is 9.43. The van der Waals surface area contributed by atoms with Crippen molar-refractivity contribution in [1.29, 1.82) is 0 Å². The van der Waals surface area contributed by atoms with Crippen LogP contribution in [0.2, 0.25) is 0 Å². The van der Waals surface area contributed by atoms with E-state index in [0.717, 1.165) is 5.69 Å². The molecular weight excluding hydrogens is 258 g/mol. The number of amides is 1. The molecule has 1 amide bonds. The number of likely N-dealkylation sites (tertiary alicyclic amines) is 1. The number of nitrogens with zero attached hydrogens (tertiary/aromatic N) is 3. The van der Waals surface area contributed by atoms with Crippen molar-refractivity contribution in [3.63, 3.8) is 0 Å². The van der Waals surface area contributed by atoms with Crippen LogP contribution in [0.15, 0.2) is 6.07 Å². The van der Waals surface area contributed by atoms with Gasteiger partial charge in [0.15, 0.2) is 0 Å². The molecule has 0 aliphatic carbocycles. The van der Waals surface area contributed by atoms with Gasteiger partial charge in [-0.05, 0) is 25.3 Å². The second kappa shape index (κ2) is 5.93. The lowest BCUT2D eigenvalue weighted by molar-refractivity contribution is -0.0324. The van der Waals surface area contributed by atoms with Crippen molar-refractivity contribution in [2.24, 2.45) is 0 Å². The zero-order chi connectivity index (χ0) is 14.9. The van der Waals surface area contributed by atoms with Crippen LogP contribution in [-0.2, 0) is 6.54 Å². The number of aliphatic hydroxyl groups is 2. The lowest BCUT2D eigenvalue weighted by Gasteiger charge is -2.33. The summed E-state index contributed by atoms with van der Waals surface area (Å²) in [4.78, 5) is 14.1. The van der Waals surface area contributed by atoms with Gasteiger partial charge in [-0.1, -0.05) is 13.8 Å². The van der Waals surface area contributed by atoms with Gasteiger partial charge < -0.3 is 15.1 Å². The second-order valence-electron chi connectivity index (χ2n) is 5.60. The minimum absolute atomic E-state index is 0.128. The Kier molecular flexibility index (Phi) is 4.45. The molecule has 1 aliphatic rings. The van der Waals surface area contributed by atoms with Crippen molar-refractivity contribution in [2.45, 2.75) is 51.9 Å². The average molecular weight is 281 g/mol. The molecule has 2 N–H and O–H groups in total. The maximum Gasteiger partial charge on any atom is 0.272 e. The average Bonchev–Trinajstić information content (AvgIpc) is 2.85. The largest absolute Gasteiger partial charge is 0.390 e. The first-order valence-electron chi connectivity index (χ1n) is 7.17. The Morgan fingerprint density at radius 3 is 2.70 bits per heavy atom. The lowest BCUT2D eigenvalue weighted by atomic mass is 10.0. The van der Waals surface area contributed by atoms with Crippen LogP contribution >= 0.6 is 0 Å². The van der Waals surface area contributed by atoms with Crippen LogP contribution in [0.25, 0.3) is 0 Å². The van der Waals surface area contributed by atoms with Gasteiger partial charge >= 0.3 is 0 Å². The molecule has 20 heavy (non-hydrogen) atoms. The van der Waals surface area contributed by atoms with Gasteiger partial charge in [-0.2, -0.15) is 5.10 Å². The van der Waals surface area contributed by atoms with Crippen molar-refractivity contribution < 1.29 is 15.0 Å². The summed E-state index contributed by atoms with van der Waals surface area (Å²) < 4.78 is 1.70. The molecule has 0 saturated carbocycles. The van der Waals surface area contributed by atoms with Crippen LogP contribution in [0.1, 0.15) is 49.3 Å². The monoisotopic (exact) mass is 281 g/mol. The van der Waals surface area contributed by atoms with Crippen LogP contribution < -0.4 is 0 Å². The number of aliphatic hydroxyl groups excluding tert-OH is 2. The van der Waals surface area contributed by atoms with Crippen molar-refractivity contribution in [2.75, 3.05) is 13.1 Å². The number of hydrogen-bond donors (Lipinski definition) is 2. The minimum Gasteiger partial charge on any atom is -0.390 e. The third-order valence-electron chi connectivity index (χ3n) is 3.74. The van der Waals surface area contributed by atoms with Gasteiger partial charge in [-0.3, -0.25) is 9.48 Å². The molecule has 2 atom stereocenters. The number of β-amino-alcohol motifs (C(OH)–C–C–N with tert-alkyl or cyclic N) is 1. The molecule has 112 valence electrons. The fourth-order valence-corrected chi connectivity index (χ4v) is 2.40. The summed E-state index contributed by atoms with van der Waals surface area (Å²) in [5, 5.41) is 23.7. The van der Waals surface area contributed by atoms with E-state index in [2.05, 4.69) is 5.10 Å². The Bertz CT molecular complexity index is 484. The molecule has 2 heterocycles. The Hall–Kier alpha value is -1.40. The number of carbonyl (C=O) groups excluding carboxylic acids is 1. The smallest absolute Gasteiger partial charge is 0.272 e. The SMILES string of the molecule is CCn1nc(C(C)C)cc1C(=O)N1CC[C@H](O)[C@@H](O)C1. The van der Waals surface area contributed by atoms with Gasteiger partial charge in [-0.15, -0.1) is 0 Å². The summed E-state index contributed by atoms with van der Waals surface area (Å²) >= 11 is 0. The van der Waals surface area contributed by atoms with Crippen LogP contribution in [0, 0.1) is 0 Å². The fraction of sp³-hybridized carbons (Fsp3) is 0.714. The molecule has 0 aromatic carbocycles. The first-order valence-corrected chi connectivity index (χ1v) is 7.17. The number of carbonyl (C=O) groups is 1. The molecular formula is C14H23N3O3. The van der Waals surface area contributed by atoms with E-state index in [1.807, 2.05) is 26.8 Å². The Morgan fingerprint density at radius 1 is 1.45 bits per heavy atom. The van der Waals surface area contributed by atoms with E-state index in [1.54, 1.807) is 9.58 Å². The van der Waals surface area contributed by atoms with Gasteiger partial charge in [-0.25, -0.2) is 0 Å². The first kappa shape index (κ1) is 15.0. The molecule has 1 aliphatic heterocycles. The molecule has 0 bridgehead atoms. The normalized spacial score (nSPS) is 23.4. The van der Waals surface area contributed by atoms with Crippen molar-refractivity contribution >= 4 is 5.91 Å². The summed E-state index contributed by atoms with van der Waals surface area (Å²) in [6.07, 6.45) is -1.19. The van der Waals surface area contributed by atoms with E-state index in [-0.39, 0.29) is 18.4 Å². The number of rotatable bonds is 3. The zero-order valence-electron chi connectivity index (χ0n) is 12.3. The summed E-state index contributed by atoms with van der Waals surface area (Å²) in [5.74, 6) is 0.139. The van der Waals surface area contributed by atoms with E-state index in [0.29, 0.717) is 25.2 Å². The maximum absolute atomic E-state index is 12.5. The maximum atomic E-state index is 12.5. The Morgan fingerprint density at radius 2 is 2.15 bits per heavy atom. The third kappa shape index (κ3) is 2.86. The fourth-order valence-electron chi connectivity index (χ4n) is 2.40. The van der Waals surface area contributed by atoms with Gasteiger partial charge in [0.25, 0.3) is 5.91 Å². The van der Waals surface area contributed by atoms with Gasteiger partial charge in [0.2, 0.25) is 0 Å². The van der Waals surface area contributed by atoms with E-state index >= 15 is 0 Å². The molecule has 0 unspecified atom stereocenters. The standard InChI is InChI=1S/C14H23N3O3/c1-4-17-11(7-10(15-17)9(2)3)14(20)16-6-5-12(18)13(19)8-16/h7,9,12-13,18-19H,4-6,8H2,1-3H3/t12-,13-/m0/s1. The highest BCUT2D eigenvalue weighted by atomic mass is 16.3. The highest BCUT2D eigenvalue weighted by Crippen LogP contribution is 2.18. The van der Waals surface area contributed by atoms with Crippen LogP contribution in [0.4, 0.5) is 0 Å². The Labute approximate surface area is 119 Å². The van der Waals surface area contributed by atoms with E-state index in [1.165, 1.54) is 0 Å². The predicted molar refractivity (Wildman–Crippen MR) is 74.5 cm³/mol. The van der Waals surface area contributed by atoms with Crippen molar-refractivity contribution in [3.05, 3.63) is 17.5 Å². The number of aryl methyl sites for hydroxylation is 1. The van der Waals surface area contributed by atoms with Crippen LogP contribution in [0.3, 0.4) is 0 Å². The molecule has 1 aromatic rings. The molecule has 1 fully saturated rings. The molecule has 0 radical (unpaired) electrons. The lowest BCUT2D eigenvalue weighted by Crippen LogP contribution is -2.49. The summed E-state index contributed by atoms with van der Waals surface area (Å²) in [5.41, 5.74) is 1.45. The topological polar surface area (TPSA) is 78.6 Å². The van der Waals surface area contributed by atoms with Crippen LogP contribution in [0.5, 0.6) is 0 Å². The highest BCUT2D eigenvalue weighted by Gasteiger charge is 2.30. The van der Waals surface area contributed by atoms with Crippen LogP contribution in [-0.4, -0.2) is 56.1 Å². The number of aromatic nitrogens is 2. The molecule has 0 spiro atoms. The quantitative estimate of drug-likeness (QED) is 0.850. The van der Waals surface area contributed by atoms with Gasteiger partial charge in [0.1, 0.15) is 5.69 Å². The zero-order valence-corrected chi connectivity index (χ0v) is 12.3. The molecule has 1 aromatic heterocycles. The number of hydrogen-bond acceptors (Lipinski definition) is 4. The van der Waals surface area contributed by atoms with Crippen molar-refractivity contribution in [1.82, 2.24) is 14.7 Å². The van der Waals surface area contributed by atoms with Gasteiger partial charge in [0, 0.05) is 19.6 Å². The van der Waals surface area contributed by atoms with E-state index in [9.17, 15) is 15.0 Å². The molecule has 1 saturated heterocycles. The third-order valence-corrected chi connectivity index (χ3v) is 3.74. The highest BCUT2D eigenvalue weighted by molar-refractivity contribution is 5.92. The van der Waals surface area contributed by atoms with E-state index < -0.39 is 12.2 Å². The minimum atomic E-state index is -0.865. The molecule has 6 heteroatoms. The summed E-state index contributed by atoms with van der Waals surface area (Å²) in [6.45, 7) is 7.29. The Balaban J connectivity index is 2.20. The van der Waals surface area contributed by atoms with E-state index in [4.69, 9.17) is 0 Å². The second-order valence-corrected chi connectivity index (χ2v) is 5.60. The summed E-state index contributed by atoms with van der Waals surface area (Å²) in [7, 11) is 0. The predicted octanol–water partition coefficient (Wildman–Crippen LogP) is 0.594. The number of piperidine rings is 1. The summed E-state index contributed by atoms with van der Waals surface area (Å²) in [6, 6.07) is 1.83. The molecule has 2 rings (SSSR count). The molecule has 6 nitrogen and oxygen atoms in total.